The van der Waals surface area contributed by atoms with Crippen LogP contribution in [0.15, 0.2) is 12.7 Å². The van der Waals surface area contributed by atoms with Crippen LogP contribution in [-0.4, -0.2) is 71.7 Å². The monoisotopic (exact) mass is 367 g/mol. The minimum absolute atomic E-state index is 0.150. The van der Waals surface area contributed by atoms with Gasteiger partial charge in [-0.15, -0.1) is 0 Å². The minimum atomic E-state index is -1.34. The highest BCUT2D eigenvalue weighted by atomic mass is 16.6. The number of nitrogens with zero attached hydrogens (tertiary/aromatic N) is 4. The van der Waals surface area contributed by atoms with Crippen LogP contribution in [0.4, 0.5) is 5.82 Å². The van der Waals surface area contributed by atoms with Gasteiger partial charge in [-0.25, -0.2) is 15.0 Å². The quantitative estimate of drug-likeness (QED) is 0.433. The molecule has 0 radical (unpaired) electrons. The van der Waals surface area contributed by atoms with Gasteiger partial charge >= 0.3 is 11.9 Å². The van der Waals surface area contributed by atoms with Gasteiger partial charge in [-0.1, -0.05) is 0 Å². The summed E-state index contributed by atoms with van der Waals surface area (Å²) >= 11 is 0. The molecule has 12 nitrogen and oxygen atoms in total. The Morgan fingerprint density at radius 1 is 1.31 bits per heavy atom. The molecular formula is C14H17N5O7. The average Bonchev–Trinajstić information content (AvgIpc) is 3.16. The zero-order chi connectivity index (χ0) is 18.8. The standard InChI is InChI=1S/C14H17N5O7/c15-12-9-13(17-4-16-12)19(5-18-9)14-10(24)11(6(3-20)25-14)26-8(23)2-1-7(21)22/h4-6,10-11,14,20,24H,1-3H2,(H,21,22)(H2,15,16,17)/t6-,10+,11-,14-/m1/s1. The van der Waals surface area contributed by atoms with E-state index in [1.165, 1.54) is 17.2 Å². The molecule has 1 fully saturated rings. The van der Waals surface area contributed by atoms with E-state index in [1.54, 1.807) is 0 Å². The number of ether oxygens (including phenoxy) is 2. The van der Waals surface area contributed by atoms with Crippen LogP contribution in [0.2, 0.25) is 0 Å². The second-order valence-corrected chi connectivity index (χ2v) is 5.67. The Bertz CT molecular complexity index is 825. The summed E-state index contributed by atoms with van der Waals surface area (Å²) in [7, 11) is 0. The summed E-state index contributed by atoms with van der Waals surface area (Å²) in [5, 5.41) is 28.6. The van der Waals surface area contributed by atoms with Gasteiger partial charge < -0.3 is 30.5 Å². The molecule has 2 aromatic heterocycles. The molecule has 0 unspecified atom stereocenters. The third kappa shape index (κ3) is 3.29. The number of aliphatic hydroxyl groups excluding tert-OH is 2. The molecule has 5 N–H and O–H groups in total. The largest absolute Gasteiger partial charge is 0.481 e. The van der Waals surface area contributed by atoms with Crippen LogP contribution in [-0.2, 0) is 19.1 Å². The van der Waals surface area contributed by atoms with Crippen LogP contribution in [0.3, 0.4) is 0 Å². The Hall–Kier alpha value is -2.83. The summed E-state index contributed by atoms with van der Waals surface area (Å²) in [5.41, 5.74) is 6.33. The highest BCUT2D eigenvalue weighted by Gasteiger charge is 2.47. The van der Waals surface area contributed by atoms with Crippen LogP contribution in [0.5, 0.6) is 0 Å². The molecular weight excluding hydrogens is 350 g/mol. The van der Waals surface area contributed by atoms with Gasteiger partial charge in [-0.2, -0.15) is 0 Å². The Kier molecular flexibility index (Phi) is 4.97. The number of nitrogens with two attached hydrogens (primary N) is 1. The Morgan fingerprint density at radius 2 is 2.08 bits per heavy atom. The molecule has 4 atom stereocenters. The van der Waals surface area contributed by atoms with Crippen LogP contribution in [0, 0.1) is 0 Å². The second-order valence-electron chi connectivity index (χ2n) is 5.67. The van der Waals surface area contributed by atoms with E-state index in [-0.39, 0.29) is 12.2 Å². The first-order valence-corrected chi connectivity index (χ1v) is 7.71. The first-order chi connectivity index (χ1) is 12.4. The molecule has 0 aromatic carbocycles. The molecule has 3 heterocycles. The zero-order valence-corrected chi connectivity index (χ0v) is 13.4. The first-order valence-electron chi connectivity index (χ1n) is 7.71. The maximum absolute atomic E-state index is 11.8. The van der Waals surface area contributed by atoms with E-state index in [0.29, 0.717) is 11.2 Å². The number of hydrogen-bond donors (Lipinski definition) is 4. The molecule has 0 amide bonds. The van der Waals surface area contributed by atoms with E-state index in [9.17, 15) is 19.8 Å². The van der Waals surface area contributed by atoms with E-state index in [0.717, 1.165) is 0 Å². The van der Waals surface area contributed by atoms with E-state index in [4.69, 9.17) is 20.3 Å². The topological polar surface area (TPSA) is 183 Å². The lowest BCUT2D eigenvalue weighted by Crippen LogP contribution is -2.38. The molecule has 12 heteroatoms. The van der Waals surface area contributed by atoms with E-state index in [1.807, 2.05) is 0 Å². The molecule has 0 saturated carbocycles. The van der Waals surface area contributed by atoms with Crippen molar-refractivity contribution >= 4 is 28.9 Å². The van der Waals surface area contributed by atoms with Gasteiger partial charge in [0, 0.05) is 0 Å². The van der Waals surface area contributed by atoms with Crippen molar-refractivity contribution in [3.05, 3.63) is 12.7 Å². The van der Waals surface area contributed by atoms with Crippen molar-refractivity contribution in [1.29, 1.82) is 0 Å². The molecule has 2 aromatic rings. The summed E-state index contributed by atoms with van der Waals surface area (Å²) in [4.78, 5) is 34.2. The van der Waals surface area contributed by atoms with Crippen LogP contribution < -0.4 is 5.73 Å². The molecule has 3 rings (SSSR count). The first kappa shape index (κ1) is 18.0. The summed E-state index contributed by atoms with van der Waals surface area (Å²) in [6.07, 6.45) is -2.75. The van der Waals surface area contributed by atoms with Gasteiger partial charge in [-0.05, 0) is 0 Å². The lowest BCUT2D eigenvalue weighted by atomic mass is 10.1. The van der Waals surface area contributed by atoms with Crippen molar-refractivity contribution in [2.45, 2.75) is 37.4 Å². The number of anilines is 1. The molecule has 0 spiro atoms. The number of carbonyl (C=O) groups is 2. The van der Waals surface area contributed by atoms with Crippen molar-refractivity contribution < 1.29 is 34.4 Å². The number of esters is 1. The van der Waals surface area contributed by atoms with Crippen molar-refractivity contribution in [3.8, 4) is 0 Å². The van der Waals surface area contributed by atoms with Gasteiger partial charge in [0.2, 0.25) is 0 Å². The smallest absolute Gasteiger partial charge is 0.306 e. The number of rotatable bonds is 6. The molecule has 1 aliphatic rings. The van der Waals surface area contributed by atoms with Gasteiger partial charge in [0.05, 0.1) is 25.8 Å². The molecule has 140 valence electrons. The Morgan fingerprint density at radius 3 is 2.77 bits per heavy atom. The summed E-state index contributed by atoms with van der Waals surface area (Å²) in [5.74, 6) is -1.82. The SMILES string of the molecule is Nc1ncnc2c1ncn2[C@@H]1O[C@H](CO)[C@@H](OC(=O)CCC(=O)O)[C@@H]1O. The maximum Gasteiger partial charge on any atom is 0.306 e. The highest BCUT2D eigenvalue weighted by molar-refractivity contribution is 5.81. The average molecular weight is 367 g/mol. The predicted octanol–water partition coefficient (Wildman–Crippen LogP) is -1.56. The molecule has 1 saturated heterocycles. The predicted molar refractivity (Wildman–Crippen MR) is 83.5 cm³/mol. The number of fused-ring (bicyclic) bond motifs is 1. The van der Waals surface area contributed by atoms with Gasteiger partial charge in [-0.3, -0.25) is 14.2 Å². The van der Waals surface area contributed by atoms with Crippen molar-refractivity contribution in [3.63, 3.8) is 0 Å². The fourth-order valence-electron chi connectivity index (χ4n) is 2.72. The third-order valence-corrected chi connectivity index (χ3v) is 3.96. The fraction of sp³-hybridized carbons (Fsp3) is 0.500. The van der Waals surface area contributed by atoms with Gasteiger partial charge in [0.25, 0.3) is 0 Å². The van der Waals surface area contributed by atoms with E-state index < -0.39 is 49.5 Å². The summed E-state index contributed by atoms with van der Waals surface area (Å²) in [6.45, 7) is -0.520. The molecule has 0 bridgehead atoms. The fourth-order valence-corrected chi connectivity index (χ4v) is 2.72. The number of imidazole rings is 1. The number of hydrogen-bond acceptors (Lipinski definition) is 10. The molecule has 0 aliphatic carbocycles. The van der Waals surface area contributed by atoms with Gasteiger partial charge in [0.1, 0.15) is 24.1 Å². The molecule has 1 aliphatic heterocycles. The number of aromatic nitrogens is 4. The number of carbonyl (C=O) groups excluding carboxylic acids is 1. The van der Waals surface area contributed by atoms with Gasteiger partial charge in [0.15, 0.2) is 23.8 Å². The Balaban J connectivity index is 1.80. The number of carboxylic acids is 1. The lowest BCUT2D eigenvalue weighted by Gasteiger charge is -2.19. The number of carboxylic acid groups (broad SMARTS) is 1. The van der Waals surface area contributed by atoms with E-state index in [2.05, 4.69) is 15.0 Å². The summed E-state index contributed by atoms with van der Waals surface area (Å²) in [6, 6.07) is 0. The normalized spacial score (nSPS) is 25.5. The van der Waals surface area contributed by atoms with E-state index >= 15 is 0 Å². The van der Waals surface area contributed by atoms with Crippen LogP contribution >= 0.6 is 0 Å². The van der Waals surface area contributed by atoms with Crippen LogP contribution in [0.25, 0.3) is 11.2 Å². The number of aliphatic carboxylic acids is 1. The van der Waals surface area contributed by atoms with Crippen molar-refractivity contribution in [2.24, 2.45) is 0 Å². The van der Waals surface area contributed by atoms with Crippen molar-refractivity contribution in [2.75, 3.05) is 12.3 Å². The highest BCUT2D eigenvalue weighted by Crippen LogP contribution is 2.33. The summed E-state index contributed by atoms with van der Waals surface area (Å²) < 4.78 is 12.1. The Labute approximate surface area is 146 Å². The zero-order valence-electron chi connectivity index (χ0n) is 13.4. The minimum Gasteiger partial charge on any atom is -0.481 e. The third-order valence-electron chi connectivity index (χ3n) is 3.96. The second kappa shape index (κ2) is 7.19. The molecule has 26 heavy (non-hydrogen) atoms. The maximum atomic E-state index is 11.8. The number of aliphatic hydroxyl groups is 2. The number of nitrogen functional groups attached to an aromatic ring is 1. The van der Waals surface area contributed by atoms with Crippen molar-refractivity contribution in [1.82, 2.24) is 19.5 Å². The lowest BCUT2D eigenvalue weighted by molar-refractivity contribution is -0.158. The van der Waals surface area contributed by atoms with Crippen LogP contribution in [0.1, 0.15) is 19.1 Å².